The molecule has 2 aromatic rings. The molecule has 4 nitrogen and oxygen atoms in total. The lowest BCUT2D eigenvalue weighted by Gasteiger charge is -2.11. The van der Waals surface area contributed by atoms with Crippen LogP contribution in [-0.4, -0.2) is 7.11 Å². The number of halogens is 1. The van der Waals surface area contributed by atoms with Gasteiger partial charge in [0, 0.05) is 9.13 Å². The molecule has 0 radical (unpaired) electrons. The standard InChI is InChI=1S/C18H13IN2O2/c1-22-18-7-2-13(8-14(10-20)11-21)9-15(18)12-23-17-5-3-16(19)4-6-17/h2-9H,12H2,1H3. The van der Waals surface area contributed by atoms with E-state index >= 15 is 0 Å². The second kappa shape index (κ2) is 8.21. The monoisotopic (exact) mass is 416 g/mol. The number of nitrogens with zero attached hydrogens (tertiary/aromatic N) is 2. The van der Waals surface area contributed by atoms with Crippen molar-refractivity contribution < 1.29 is 9.47 Å². The molecule has 0 heterocycles. The summed E-state index contributed by atoms with van der Waals surface area (Å²) in [5.41, 5.74) is 1.65. The Kier molecular flexibility index (Phi) is 6.02. The summed E-state index contributed by atoms with van der Waals surface area (Å²) in [5, 5.41) is 17.7. The van der Waals surface area contributed by atoms with E-state index in [1.54, 1.807) is 19.2 Å². The van der Waals surface area contributed by atoms with E-state index in [1.165, 1.54) is 6.08 Å². The Bertz CT molecular complexity index is 783. The Hall–Kier alpha value is -2.51. The van der Waals surface area contributed by atoms with E-state index in [4.69, 9.17) is 20.0 Å². The third-order valence-electron chi connectivity index (χ3n) is 3.06. The molecule has 2 rings (SSSR count). The summed E-state index contributed by atoms with van der Waals surface area (Å²) in [4.78, 5) is 0. The lowest BCUT2D eigenvalue weighted by molar-refractivity contribution is 0.296. The van der Waals surface area contributed by atoms with E-state index in [-0.39, 0.29) is 5.57 Å². The van der Waals surface area contributed by atoms with E-state index in [9.17, 15) is 0 Å². The molecule has 5 heteroatoms. The minimum Gasteiger partial charge on any atom is -0.496 e. The lowest BCUT2D eigenvalue weighted by atomic mass is 10.1. The fraction of sp³-hybridized carbons (Fsp3) is 0.111. The van der Waals surface area contributed by atoms with Crippen LogP contribution in [0.25, 0.3) is 6.08 Å². The molecule has 0 aromatic heterocycles. The summed E-state index contributed by atoms with van der Waals surface area (Å²) < 4.78 is 12.2. The lowest BCUT2D eigenvalue weighted by Crippen LogP contribution is -1.99. The van der Waals surface area contributed by atoms with Gasteiger partial charge in [-0.15, -0.1) is 0 Å². The van der Waals surface area contributed by atoms with Crippen molar-refractivity contribution in [3.05, 3.63) is 62.7 Å². The second-order valence-electron chi connectivity index (χ2n) is 4.60. The molecule has 0 N–H and O–H groups in total. The first kappa shape index (κ1) is 16.9. The second-order valence-corrected chi connectivity index (χ2v) is 5.84. The molecule has 0 spiro atoms. The number of ether oxygens (including phenoxy) is 2. The van der Waals surface area contributed by atoms with Gasteiger partial charge in [0.1, 0.15) is 35.8 Å². The highest BCUT2D eigenvalue weighted by Crippen LogP contribution is 2.23. The number of methoxy groups -OCH3 is 1. The SMILES string of the molecule is COc1ccc(C=C(C#N)C#N)cc1COc1ccc(I)cc1. The molecule has 0 aliphatic heterocycles. The number of benzene rings is 2. The maximum atomic E-state index is 8.84. The van der Waals surface area contributed by atoms with Gasteiger partial charge in [0.15, 0.2) is 0 Å². The Morgan fingerprint density at radius 1 is 1.13 bits per heavy atom. The summed E-state index contributed by atoms with van der Waals surface area (Å²) in [6, 6.07) is 16.9. The Balaban J connectivity index is 2.22. The molecule has 0 bridgehead atoms. The first-order valence-electron chi connectivity index (χ1n) is 6.73. The Morgan fingerprint density at radius 3 is 2.43 bits per heavy atom. The number of hydrogen-bond donors (Lipinski definition) is 0. The molecule has 0 saturated heterocycles. The third-order valence-corrected chi connectivity index (χ3v) is 3.78. The zero-order valence-corrected chi connectivity index (χ0v) is 14.6. The molecule has 0 atom stereocenters. The van der Waals surface area contributed by atoms with E-state index in [0.29, 0.717) is 12.4 Å². The largest absolute Gasteiger partial charge is 0.496 e. The average Bonchev–Trinajstić information content (AvgIpc) is 2.59. The van der Waals surface area contributed by atoms with E-state index in [1.807, 2.05) is 42.5 Å². The molecule has 0 fully saturated rings. The molecule has 0 amide bonds. The zero-order chi connectivity index (χ0) is 16.7. The summed E-state index contributed by atoms with van der Waals surface area (Å²) >= 11 is 2.24. The van der Waals surface area contributed by atoms with Crippen molar-refractivity contribution in [2.75, 3.05) is 7.11 Å². The van der Waals surface area contributed by atoms with E-state index in [0.717, 1.165) is 20.4 Å². The van der Waals surface area contributed by atoms with Gasteiger partial charge in [-0.3, -0.25) is 0 Å². The average molecular weight is 416 g/mol. The van der Waals surface area contributed by atoms with Crippen LogP contribution in [0.1, 0.15) is 11.1 Å². The van der Waals surface area contributed by atoms with E-state index < -0.39 is 0 Å². The van der Waals surface area contributed by atoms with Crippen LogP contribution in [-0.2, 0) is 6.61 Å². The topological polar surface area (TPSA) is 66.0 Å². The fourth-order valence-electron chi connectivity index (χ4n) is 1.95. The molecule has 0 saturated carbocycles. The van der Waals surface area contributed by atoms with Crippen LogP contribution in [0.3, 0.4) is 0 Å². The van der Waals surface area contributed by atoms with Crippen molar-refractivity contribution in [2.45, 2.75) is 6.61 Å². The zero-order valence-electron chi connectivity index (χ0n) is 12.4. The highest BCUT2D eigenvalue weighted by Gasteiger charge is 2.06. The maximum absolute atomic E-state index is 8.84. The van der Waals surface area contributed by atoms with Crippen LogP contribution in [0, 0.1) is 26.2 Å². The quantitative estimate of drug-likeness (QED) is 0.538. The number of allylic oxidation sites excluding steroid dienone is 1. The smallest absolute Gasteiger partial charge is 0.130 e. The molecule has 0 unspecified atom stereocenters. The summed E-state index contributed by atoms with van der Waals surface area (Å²) in [7, 11) is 1.59. The summed E-state index contributed by atoms with van der Waals surface area (Å²) in [5.74, 6) is 1.46. The van der Waals surface area contributed by atoms with Gasteiger partial charge in [0.2, 0.25) is 0 Å². The Labute approximate surface area is 148 Å². The third kappa shape index (κ3) is 4.73. The van der Waals surface area contributed by atoms with Crippen LogP contribution in [0.15, 0.2) is 48.0 Å². The van der Waals surface area contributed by atoms with Crippen LogP contribution in [0.5, 0.6) is 11.5 Å². The fourth-order valence-corrected chi connectivity index (χ4v) is 2.31. The summed E-state index contributed by atoms with van der Waals surface area (Å²) in [6.45, 7) is 0.333. The predicted molar refractivity (Wildman–Crippen MR) is 95.7 cm³/mol. The highest BCUT2D eigenvalue weighted by atomic mass is 127. The highest BCUT2D eigenvalue weighted by molar-refractivity contribution is 14.1. The predicted octanol–water partition coefficient (Wildman–Crippen LogP) is 4.31. The van der Waals surface area contributed by atoms with Gasteiger partial charge in [-0.05, 0) is 70.6 Å². The van der Waals surface area contributed by atoms with Crippen LogP contribution < -0.4 is 9.47 Å². The van der Waals surface area contributed by atoms with Crippen molar-refractivity contribution in [2.24, 2.45) is 0 Å². The van der Waals surface area contributed by atoms with Crippen molar-refractivity contribution in [3.63, 3.8) is 0 Å². The Morgan fingerprint density at radius 2 is 1.83 bits per heavy atom. The first-order chi connectivity index (χ1) is 11.2. The van der Waals surface area contributed by atoms with Gasteiger partial charge in [0.25, 0.3) is 0 Å². The van der Waals surface area contributed by atoms with Gasteiger partial charge in [-0.25, -0.2) is 0 Å². The molecule has 23 heavy (non-hydrogen) atoms. The molecule has 0 aliphatic rings. The van der Waals surface area contributed by atoms with Crippen molar-refractivity contribution >= 4 is 28.7 Å². The van der Waals surface area contributed by atoms with Gasteiger partial charge in [0.05, 0.1) is 7.11 Å². The minimum absolute atomic E-state index is 0.0552. The van der Waals surface area contributed by atoms with E-state index in [2.05, 4.69) is 22.6 Å². The van der Waals surface area contributed by atoms with Crippen molar-refractivity contribution in [1.82, 2.24) is 0 Å². The molecule has 2 aromatic carbocycles. The van der Waals surface area contributed by atoms with Gasteiger partial charge in [-0.2, -0.15) is 10.5 Å². The van der Waals surface area contributed by atoms with Gasteiger partial charge in [-0.1, -0.05) is 6.07 Å². The summed E-state index contributed by atoms with van der Waals surface area (Å²) in [6.07, 6.45) is 1.54. The van der Waals surface area contributed by atoms with Crippen LogP contribution >= 0.6 is 22.6 Å². The molecular formula is C18H13IN2O2. The van der Waals surface area contributed by atoms with Crippen molar-refractivity contribution in [3.8, 4) is 23.6 Å². The van der Waals surface area contributed by atoms with Gasteiger partial charge >= 0.3 is 0 Å². The van der Waals surface area contributed by atoms with Gasteiger partial charge < -0.3 is 9.47 Å². The van der Waals surface area contributed by atoms with Crippen LogP contribution in [0.2, 0.25) is 0 Å². The molecule has 114 valence electrons. The first-order valence-corrected chi connectivity index (χ1v) is 7.81. The van der Waals surface area contributed by atoms with Crippen LogP contribution in [0.4, 0.5) is 0 Å². The normalized spacial score (nSPS) is 9.39. The number of rotatable bonds is 5. The van der Waals surface area contributed by atoms with Crippen molar-refractivity contribution in [1.29, 1.82) is 10.5 Å². The maximum Gasteiger partial charge on any atom is 0.130 e. The number of nitriles is 2. The minimum atomic E-state index is 0.0552. The molecule has 0 aliphatic carbocycles. The molecular weight excluding hydrogens is 403 g/mol. The number of hydrogen-bond acceptors (Lipinski definition) is 4.